The van der Waals surface area contributed by atoms with Gasteiger partial charge in [0.15, 0.2) is 10.9 Å². The highest BCUT2D eigenvalue weighted by Gasteiger charge is 2.34. The van der Waals surface area contributed by atoms with Crippen molar-refractivity contribution in [1.82, 2.24) is 24.8 Å². The van der Waals surface area contributed by atoms with Crippen LogP contribution in [0.25, 0.3) is 11.4 Å². The van der Waals surface area contributed by atoms with Gasteiger partial charge in [0.25, 0.3) is 0 Å². The van der Waals surface area contributed by atoms with Gasteiger partial charge in [0.05, 0.1) is 28.5 Å². The van der Waals surface area contributed by atoms with Crippen LogP contribution in [0.15, 0.2) is 12.4 Å². The largest absolute Gasteiger partial charge is 0.477 e. The van der Waals surface area contributed by atoms with Gasteiger partial charge in [-0.05, 0) is 25.8 Å². The average molecular weight is 623 g/mol. The van der Waals surface area contributed by atoms with Crippen LogP contribution < -0.4 is 9.80 Å². The van der Waals surface area contributed by atoms with E-state index in [0.29, 0.717) is 52.4 Å². The Hall–Kier alpha value is -2.77. The number of hydrogen-bond donors (Lipinski definition) is 2. The van der Waals surface area contributed by atoms with Gasteiger partial charge in [-0.1, -0.05) is 41.5 Å². The second-order valence-corrected chi connectivity index (χ2v) is 12.0. The minimum atomic E-state index is -1.06. The van der Waals surface area contributed by atoms with Crippen LogP contribution in [0, 0.1) is 12.8 Å². The number of halogens is 2. The number of carbonyl (C=O) groups is 2. The molecule has 0 amide bonds. The number of ketones is 1. The number of carboxylic acids is 1. The Morgan fingerprint density at radius 3 is 2.46 bits per heavy atom. The van der Waals surface area contributed by atoms with Crippen LogP contribution in [-0.2, 0) is 4.74 Å². The number of anilines is 2. The minimum Gasteiger partial charge on any atom is -0.477 e. The zero-order valence-electron chi connectivity index (χ0n) is 23.2. The number of aromatic carboxylic acids is 1. The predicted octanol–water partition coefficient (Wildman–Crippen LogP) is 4.50. The van der Waals surface area contributed by atoms with Gasteiger partial charge < -0.3 is 29.5 Å². The number of piperidine rings is 1. The number of piperazine rings is 1. The number of hydrogen-bond acceptors (Lipinski definition) is 10. The van der Waals surface area contributed by atoms with Gasteiger partial charge in [0, 0.05) is 58.5 Å². The van der Waals surface area contributed by atoms with Gasteiger partial charge in [-0.3, -0.25) is 4.79 Å². The summed E-state index contributed by atoms with van der Waals surface area (Å²) in [7, 11) is 1.61. The molecule has 5 rings (SSSR count). The molecule has 0 aromatic carbocycles. The van der Waals surface area contributed by atoms with Crippen molar-refractivity contribution in [2.75, 3.05) is 62.7 Å². The molecule has 0 saturated carbocycles. The Labute approximate surface area is 252 Å². The molecule has 3 aromatic rings. The molecule has 0 radical (unpaired) electrons. The summed E-state index contributed by atoms with van der Waals surface area (Å²) in [5, 5.41) is 11.1. The number of carbonyl (C=O) groups excluding carboxylic acids is 1. The highest BCUT2D eigenvalue weighted by molar-refractivity contribution is 7.17. The lowest BCUT2D eigenvalue weighted by atomic mass is 9.88. The third kappa shape index (κ3) is 6.21. The summed E-state index contributed by atoms with van der Waals surface area (Å²) in [6.07, 6.45) is 3.94. The summed E-state index contributed by atoms with van der Waals surface area (Å²) in [5.41, 5.74) is 1.69. The number of aryl methyl sites for hydroxylation is 1. The van der Waals surface area contributed by atoms with E-state index in [2.05, 4.69) is 31.7 Å². The van der Waals surface area contributed by atoms with Crippen molar-refractivity contribution in [3.05, 3.63) is 38.7 Å². The molecule has 0 unspecified atom stereocenters. The molecule has 0 aliphatic carbocycles. The van der Waals surface area contributed by atoms with Gasteiger partial charge in [-0.15, -0.1) is 0 Å². The van der Waals surface area contributed by atoms with E-state index in [1.807, 2.05) is 4.90 Å². The van der Waals surface area contributed by atoms with Gasteiger partial charge in [-0.2, -0.15) is 0 Å². The summed E-state index contributed by atoms with van der Waals surface area (Å²) < 4.78 is 5.77. The van der Waals surface area contributed by atoms with Crippen molar-refractivity contribution in [3.63, 3.8) is 0 Å². The number of nitrogens with zero attached hydrogens (tertiary/aromatic N) is 6. The molecule has 0 bridgehead atoms. The molecular weight excluding hydrogens is 589 g/mol. The first kappa shape index (κ1) is 29.7. The van der Waals surface area contributed by atoms with Gasteiger partial charge in [-0.25, -0.2) is 19.7 Å². The van der Waals surface area contributed by atoms with Crippen LogP contribution in [0.2, 0.25) is 10.0 Å². The summed E-state index contributed by atoms with van der Waals surface area (Å²) in [5.74, 6) is -0.456. The second-order valence-electron chi connectivity index (χ2n) is 10.3. The molecule has 2 N–H and O–H groups in total. The van der Waals surface area contributed by atoms with E-state index in [1.165, 1.54) is 0 Å². The summed E-state index contributed by atoms with van der Waals surface area (Å²) in [6, 6.07) is 0. The fraction of sp³-hybridized carbons (Fsp3) is 0.519. The third-order valence-electron chi connectivity index (χ3n) is 7.88. The van der Waals surface area contributed by atoms with E-state index in [1.54, 1.807) is 26.4 Å². The lowest BCUT2D eigenvalue weighted by Crippen LogP contribution is -2.46. The zero-order valence-corrected chi connectivity index (χ0v) is 25.5. The smallest absolute Gasteiger partial charge is 0.348 e. The van der Waals surface area contributed by atoms with Gasteiger partial charge in [0.2, 0.25) is 0 Å². The number of ether oxygens (including phenoxy) is 1. The SMILES string of the molecule is CCN1CCN(c2cnc(-c3nc(N4CC[C@@H](CC(=O)c5[nH]c(C)c(Cl)c5Cl)[C@@H](OC)C4)sc3C(=O)O)cn2)CC1. The second kappa shape index (κ2) is 12.6. The summed E-state index contributed by atoms with van der Waals surface area (Å²) >= 11 is 13.5. The maximum absolute atomic E-state index is 13.0. The number of aromatic nitrogens is 4. The molecule has 2 fully saturated rings. The highest BCUT2D eigenvalue weighted by Crippen LogP contribution is 2.36. The number of Topliss-reactive ketones (excluding diaryl/α,β-unsaturated/α-hetero) is 1. The first-order valence-electron chi connectivity index (χ1n) is 13.6. The number of methoxy groups -OCH3 is 1. The number of aromatic amines is 1. The van der Waals surface area contributed by atoms with Gasteiger partial charge in [0.1, 0.15) is 27.8 Å². The van der Waals surface area contributed by atoms with Crippen molar-refractivity contribution in [3.8, 4) is 11.4 Å². The summed E-state index contributed by atoms with van der Waals surface area (Å²) in [6.45, 7) is 9.70. The van der Waals surface area contributed by atoms with Crippen molar-refractivity contribution in [2.45, 2.75) is 32.8 Å². The number of likely N-dealkylation sites (N-methyl/N-ethyl adjacent to an activating group) is 1. The van der Waals surface area contributed by atoms with Crippen molar-refractivity contribution in [1.29, 1.82) is 0 Å². The number of nitrogens with one attached hydrogen (secondary N) is 1. The normalized spacial score (nSPS) is 20.0. The van der Waals surface area contributed by atoms with E-state index in [9.17, 15) is 14.7 Å². The Balaban J connectivity index is 1.29. The first-order valence-corrected chi connectivity index (χ1v) is 15.2. The Kier molecular flexibility index (Phi) is 9.15. The van der Waals surface area contributed by atoms with Crippen molar-refractivity contribution < 1.29 is 19.4 Å². The average Bonchev–Trinajstić information content (AvgIpc) is 3.55. The fourth-order valence-electron chi connectivity index (χ4n) is 5.41. The van der Waals surface area contributed by atoms with Crippen LogP contribution in [0.1, 0.15) is 45.6 Å². The molecule has 14 heteroatoms. The quantitative estimate of drug-likeness (QED) is 0.330. The van der Waals surface area contributed by atoms with Gasteiger partial charge >= 0.3 is 5.97 Å². The van der Waals surface area contributed by atoms with Crippen LogP contribution >= 0.6 is 34.5 Å². The van der Waals surface area contributed by atoms with E-state index in [4.69, 9.17) is 32.9 Å². The lowest BCUT2D eigenvalue weighted by Gasteiger charge is -2.37. The number of H-pyrrole nitrogens is 1. The standard InChI is InChI=1S/C27H33Cl2N7O4S/c1-4-34-7-9-35(10-8-34)20-13-30-17(12-31-20)23-25(26(38)39)41-27(33-23)36-6-5-16(19(14-36)40-3)11-18(37)24-22(29)21(28)15(2)32-24/h12-13,16,19,32H,4-11,14H2,1-3H3,(H,38,39)/t16-,19-/m0/s1. The molecule has 2 saturated heterocycles. The Bertz CT molecular complexity index is 1410. The molecule has 220 valence electrons. The molecule has 5 heterocycles. The molecule has 2 aliphatic heterocycles. The first-order chi connectivity index (χ1) is 19.7. The van der Waals surface area contributed by atoms with Crippen molar-refractivity contribution in [2.24, 2.45) is 5.92 Å². The maximum atomic E-state index is 13.0. The van der Waals surface area contributed by atoms with E-state index in [0.717, 1.165) is 49.9 Å². The molecule has 11 nitrogen and oxygen atoms in total. The number of thiazole rings is 1. The molecule has 2 aliphatic rings. The van der Waals surface area contributed by atoms with E-state index < -0.39 is 5.97 Å². The third-order valence-corrected chi connectivity index (χ3v) is 9.94. The Morgan fingerprint density at radius 1 is 1.12 bits per heavy atom. The predicted molar refractivity (Wildman–Crippen MR) is 160 cm³/mol. The summed E-state index contributed by atoms with van der Waals surface area (Å²) in [4.78, 5) is 48.7. The molecule has 41 heavy (non-hydrogen) atoms. The molecular formula is C27H33Cl2N7O4S. The van der Waals surface area contributed by atoms with E-state index in [-0.39, 0.29) is 34.1 Å². The van der Waals surface area contributed by atoms with E-state index >= 15 is 0 Å². The van der Waals surface area contributed by atoms with Crippen LogP contribution in [-0.4, -0.2) is 101 Å². The monoisotopic (exact) mass is 621 g/mol. The number of rotatable bonds is 9. The number of carboxylic acid groups (broad SMARTS) is 1. The molecule has 3 aromatic heterocycles. The lowest BCUT2D eigenvalue weighted by molar-refractivity contribution is 0.0375. The topological polar surface area (TPSA) is 128 Å². The van der Waals surface area contributed by atoms with Crippen LogP contribution in [0.3, 0.4) is 0 Å². The minimum absolute atomic E-state index is 0.0434. The fourth-order valence-corrected chi connectivity index (χ4v) is 6.79. The molecule has 2 atom stereocenters. The Morgan fingerprint density at radius 2 is 1.88 bits per heavy atom. The van der Waals surface area contributed by atoms with Crippen LogP contribution in [0.5, 0.6) is 0 Å². The maximum Gasteiger partial charge on any atom is 0.348 e. The molecule has 0 spiro atoms. The highest BCUT2D eigenvalue weighted by atomic mass is 35.5. The van der Waals surface area contributed by atoms with Crippen LogP contribution in [0.4, 0.5) is 10.9 Å². The zero-order chi connectivity index (χ0) is 29.3. The van der Waals surface area contributed by atoms with Crippen molar-refractivity contribution >= 4 is 57.2 Å².